The van der Waals surface area contributed by atoms with Gasteiger partial charge in [0.15, 0.2) is 0 Å². The summed E-state index contributed by atoms with van der Waals surface area (Å²) < 4.78 is 0. The van der Waals surface area contributed by atoms with Crippen molar-refractivity contribution in [1.82, 2.24) is 24.8 Å². The van der Waals surface area contributed by atoms with Crippen LogP contribution in [0.3, 0.4) is 0 Å². The predicted molar refractivity (Wildman–Crippen MR) is 125 cm³/mol. The fraction of sp³-hybridized carbons (Fsp3) is 0.385. The highest BCUT2D eigenvalue weighted by Crippen LogP contribution is 2.37. The summed E-state index contributed by atoms with van der Waals surface area (Å²) in [5, 5.41) is 0. The van der Waals surface area contributed by atoms with Crippen LogP contribution in [0.1, 0.15) is 82.5 Å². The lowest BCUT2D eigenvalue weighted by atomic mass is 9.90. The normalized spacial score (nSPS) is 18.5. The molecule has 2 atom stereocenters. The SMILES string of the molecule is CC(c1ncc[nH]1)N(CCCCN1C(=O)c2ccccc2C1=O)C1CCCc2cccnc21. The highest BCUT2D eigenvalue weighted by molar-refractivity contribution is 6.21. The quantitative estimate of drug-likeness (QED) is 0.414. The second kappa shape index (κ2) is 9.27. The van der Waals surface area contributed by atoms with E-state index in [0.29, 0.717) is 17.7 Å². The zero-order valence-electron chi connectivity index (χ0n) is 18.9. The molecule has 2 amide bonds. The van der Waals surface area contributed by atoms with Crippen molar-refractivity contribution in [1.29, 1.82) is 0 Å². The van der Waals surface area contributed by atoms with Crippen molar-refractivity contribution in [3.05, 3.63) is 83.2 Å². The molecule has 0 fully saturated rings. The number of carbonyl (C=O) groups is 2. The Bertz CT molecular complexity index is 1110. The lowest BCUT2D eigenvalue weighted by molar-refractivity contribution is 0.0645. The molecule has 0 radical (unpaired) electrons. The molecule has 5 rings (SSSR count). The average molecular weight is 444 g/mol. The van der Waals surface area contributed by atoms with E-state index in [1.165, 1.54) is 16.2 Å². The minimum absolute atomic E-state index is 0.109. The van der Waals surface area contributed by atoms with E-state index in [2.05, 4.69) is 27.9 Å². The molecule has 2 aromatic heterocycles. The number of rotatable bonds is 8. The number of nitrogens with zero attached hydrogens (tertiary/aromatic N) is 4. The predicted octanol–water partition coefficient (Wildman–Crippen LogP) is 4.32. The maximum Gasteiger partial charge on any atom is 0.261 e. The number of aromatic amines is 1. The Balaban J connectivity index is 1.28. The summed E-state index contributed by atoms with van der Waals surface area (Å²) in [5.74, 6) is 0.585. The second-order valence-electron chi connectivity index (χ2n) is 8.86. The van der Waals surface area contributed by atoms with E-state index in [4.69, 9.17) is 4.98 Å². The monoisotopic (exact) mass is 443 g/mol. The number of aryl methyl sites for hydroxylation is 1. The Morgan fingerprint density at radius 3 is 2.58 bits per heavy atom. The van der Waals surface area contributed by atoms with Gasteiger partial charge in [-0.25, -0.2) is 4.98 Å². The number of hydrogen-bond donors (Lipinski definition) is 1. The molecule has 0 bridgehead atoms. The van der Waals surface area contributed by atoms with Crippen LogP contribution in [0.5, 0.6) is 0 Å². The zero-order chi connectivity index (χ0) is 22.8. The first-order valence-corrected chi connectivity index (χ1v) is 11.8. The van der Waals surface area contributed by atoms with Crippen molar-refractivity contribution in [2.24, 2.45) is 0 Å². The zero-order valence-corrected chi connectivity index (χ0v) is 18.9. The largest absolute Gasteiger partial charge is 0.347 e. The van der Waals surface area contributed by atoms with Gasteiger partial charge < -0.3 is 4.98 Å². The van der Waals surface area contributed by atoms with Gasteiger partial charge in [-0.2, -0.15) is 0 Å². The third kappa shape index (κ3) is 4.09. The molecule has 170 valence electrons. The van der Waals surface area contributed by atoms with E-state index < -0.39 is 0 Å². The van der Waals surface area contributed by atoms with Crippen LogP contribution in [0.25, 0.3) is 0 Å². The standard InChI is InChI=1S/C26H29N5O2/c1-18(24-28-14-15-29-24)30(22-12-6-8-19-9-7-13-27-23(19)22)16-4-5-17-31-25(32)20-10-2-3-11-21(20)26(31)33/h2-3,7,9-11,13-15,18,22H,4-6,8,12,16-17H2,1H3,(H,28,29). The molecule has 3 heterocycles. The minimum atomic E-state index is -0.179. The van der Waals surface area contributed by atoms with Crippen molar-refractivity contribution in [3.8, 4) is 0 Å². The molecule has 1 aliphatic carbocycles. The van der Waals surface area contributed by atoms with Gasteiger partial charge in [0.25, 0.3) is 11.8 Å². The molecule has 0 saturated carbocycles. The van der Waals surface area contributed by atoms with Crippen LogP contribution in [0.2, 0.25) is 0 Å². The van der Waals surface area contributed by atoms with Gasteiger partial charge in [-0.3, -0.25) is 24.4 Å². The molecule has 33 heavy (non-hydrogen) atoms. The minimum Gasteiger partial charge on any atom is -0.347 e. The maximum absolute atomic E-state index is 12.7. The second-order valence-corrected chi connectivity index (χ2v) is 8.86. The fourth-order valence-electron chi connectivity index (χ4n) is 5.20. The van der Waals surface area contributed by atoms with Gasteiger partial charge >= 0.3 is 0 Å². The van der Waals surface area contributed by atoms with E-state index in [0.717, 1.165) is 44.5 Å². The Kier molecular flexibility index (Phi) is 6.05. The van der Waals surface area contributed by atoms with Gasteiger partial charge in [-0.15, -0.1) is 0 Å². The first-order valence-electron chi connectivity index (χ1n) is 11.8. The lowest BCUT2D eigenvalue weighted by Gasteiger charge is -2.38. The number of carbonyl (C=O) groups excluding carboxylic acids is 2. The van der Waals surface area contributed by atoms with Crippen LogP contribution < -0.4 is 0 Å². The summed E-state index contributed by atoms with van der Waals surface area (Å²) in [5.41, 5.74) is 3.53. The number of benzene rings is 1. The third-order valence-electron chi connectivity index (χ3n) is 6.90. The van der Waals surface area contributed by atoms with Gasteiger partial charge in [0, 0.05) is 25.1 Å². The van der Waals surface area contributed by atoms with Crippen molar-refractivity contribution in [3.63, 3.8) is 0 Å². The van der Waals surface area contributed by atoms with Gasteiger partial charge in [0.05, 0.1) is 28.9 Å². The molecule has 1 N–H and O–H groups in total. The van der Waals surface area contributed by atoms with Crippen LogP contribution in [0.15, 0.2) is 55.0 Å². The van der Waals surface area contributed by atoms with Crippen LogP contribution in [-0.2, 0) is 6.42 Å². The number of pyridine rings is 1. The average Bonchev–Trinajstić information content (AvgIpc) is 3.47. The summed E-state index contributed by atoms with van der Waals surface area (Å²) in [6, 6.07) is 11.6. The van der Waals surface area contributed by atoms with Crippen LogP contribution in [0.4, 0.5) is 0 Å². The number of amides is 2. The van der Waals surface area contributed by atoms with E-state index in [9.17, 15) is 9.59 Å². The Labute approximate surface area is 193 Å². The Morgan fingerprint density at radius 2 is 1.85 bits per heavy atom. The number of nitrogens with one attached hydrogen (secondary N) is 1. The van der Waals surface area contributed by atoms with Gasteiger partial charge in [-0.1, -0.05) is 18.2 Å². The molecule has 2 unspecified atom stereocenters. The molecule has 7 heteroatoms. The first kappa shape index (κ1) is 21.5. The smallest absolute Gasteiger partial charge is 0.261 e. The number of aromatic nitrogens is 3. The lowest BCUT2D eigenvalue weighted by Crippen LogP contribution is -2.36. The number of imide groups is 1. The summed E-state index contributed by atoms with van der Waals surface area (Å²) in [4.78, 5) is 41.7. The molecule has 0 spiro atoms. The van der Waals surface area contributed by atoms with Crippen LogP contribution in [0, 0.1) is 0 Å². The number of unbranched alkanes of at least 4 members (excludes halogenated alkanes) is 1. The first-order chi connectivity index (χ1) is 16.1. The number of fused-ring (bicyclic) bond motifs is 2. The summed E-state index contributed by atoms with van der Waals surface area (Å²) in [6.07, 6.45) is 10.4. The van der Waals surface area contributed by atoms with E-state index in [-0.39, 0.29) is 23.9 Å². The van der Waals surface area contributed by atoms with E-state index in [1.54, 1.807) is 30.5 Å². The number of imidazole rings is 1. The van der Waals surface area contributed by atoms with Crippen molar-refractivity contribution in [2.75, 3.05) is 13.1 Å². The van der Waals surface area contributed by atoms with Crippen molar-refractivity contribution >= 4 is 11.8 Å². The summed E-state index contributed by atoms with van der Waals surface area (Å²) in [7, 11) is 0. The van der Waals surface area contributed by atoms with E-state index in [1.807, 2.05) is 18.5 Å². The maximum atomic E-state index is 12.7. The number of H-pyrrole nitrogens is 1. The van der Waals surface area contributed by atoms with E-state index >= 15 is 0 Å². The molecule has 2 aliphatic rings. The summed E-state index contributed by atoms with van der Waals surface area (Å²) in [6.45, 7) is 3.46. The Hall–Kier alpha value is -3.32. The molecule has 1 aliphatic heterocycles. The molecule has 3 aromatic rings. The topological polar surface area (TPSA) is 82.2 Å². The molecular formula is C26H29N5O2. The third-order valence-corrected chi connectivity index (χ3v) is 6.90. The molecule has 0 saturated heterocycles. The van der Waals surface area contributed by atoms with Gasteiger partial charge in [0.2, 0.25) is 0 Å². The number of hydrogen-bond acceptors (Lipinski definition) is 5. The molecular weight excluding hydrogens is 414 g/mol. The van der Waals surface area contributed by atoms with Crippen LogP contribution in [-0.4, -0.2) is 49.7 Å². The van der Waals surface area contributed by atoms with Crippen LogP contribution >= 0.6 is 0 Å². The van der Waals surface area contributed by atoms with Crippen molar-refractivity contribution < 1.29 is 9.59 Å². The summed E-state index contributed by atoms with van der Waals surface area (Å²) >= 11 is 0. The van der Waals surface area contributed by atoms with Crippen molar-refractivity contribution in [2.45, 2.75) is 51.1 Å². The highest BCUT2D eigenvalue weighted by atomic mass is 16.2. The van der Waals surface area contributed by atoms with Gasteiger partial charge in [-0.05, 0) is 69.3 Å². The molecule has 7 nitrogen and oxygen atoms in total. The molecule has 1 aromatic carbocycles. The fourth-order valence-corrected chi connectivity index (χ4v) is 5.20. The Morgan fingerprint density at radius 1 is 1.06 bits per heavy atom. The van der Waals surface area contributed by atoms with Gasteiger partial charge in [0.1, 0.15) is 5.82 Å². The highest BCUT2D eigenvalue weighted by Gasteiger charge is 2.35.